The number of pyridine rings is 1. The van der Waals surface area contributed by atoms with Gasteiger partial charge in [-0.2, -0.15) is 0 Å². The van der Waals surface area contributed by atoms with E-state index in [4.69, 9.17) is 0 Å². The highest BCUT2D eigenvalue weighted by molar-refractivity contribution is 7.13. The van der Waals surface area contributed by atoms with Crippen molar-refractivity contribution in [1.29, 1.82) is 0 Å². The fourth-order valence-corrected chi connectivity index (χ4v) is 4.29. The van der Waals surface area contributed by atoms with E-state index in [-0.39, 0.29) is 5.91 Å². The molecular formula is C22H20N4OS. The van der Waals surface area contributed by atoms with Gasteiger partial charge >= 0.3 is 0 Å². The van der Waals surface area contributed by atoms with Crippen molar-refractivity contribution in [3.63, 3.8) is 0 Å². The lowest BCUT2D eigenvalue weighted by Gasteiger charge is -2.10. The minimum Gasteiger partial charge on any atom is -0.349 e. The summed E-state index contributed by atoms with van der Waals surface area (Å²) in [6.07, 6.45) is 4.18. The van der Waals surface area contributed by atoms with E-state index in [9.17, 15) is 4.79 Å². The van der Waals surface area contributed by atoms with Crippen LogP contribution in [0.2, 0.25) is 0 Å². The Balaban J connectivity index is 1.54. The number of benzene rings is 1. The zero-order chi connectivity index (χ0) is 19.3. The van der Waals surface area contributed by atoms with Gasteiger partial charge in [0.15, 0.2) is 11.5 Å². The van der Waals surface area contributed by atoms with Crippen LogP contribution in [0.4, 0.5) is 0 Å². The number of amides is 1. The van der Waals surface area contributed by atoms with Crippen LogP contribution in [0, 0.1) is 13.8 Å². The van der Waals surface area contributed by atoms with Crippen molar-refractivity contribution < 1.29 is 4.79 Å². The van der Waals surface area contributed by atoms with Crippen LogP contribution in [0.25, 0.3) is 27.5 Å². The number of thiophene rings is 1. The van der Waals surface area contributed by atoms with E-state index in [0.29, 0.717) is 11.6 Å². The molecule has 0 unspecified atom stereocenters. The lowest BCUT2D eigenvalue weighted by molar-refractivity contribution is 0.0951. The Morgan fingerprint density at radius 2 is 1.96 bits per heavy atom. The van der Waals surface area contributed by atoms with E-state index in [1.165, 1.54) is 5.56 Å². The van der Waals surface area contributed by atoms with Crippen LogP contribution in [0.3, 0.4) is 0 Å². The Labute approximate surface area is 167 Å². The second-order valence-electron chi connectivity index (χ2n) is 7.38. The molecule has 1 N–H and O–H groups in total. The molecule has 5 nitrogen and oxygen atoms in total. The average Bonchev–Trinajstić information content (AvgIpc) is 3.25. The molecule has 0 aliphatic heterocycles. The summed E-state index contributed by atoms with van der Waals surface area (Å²) < 4.78 is 2.02. The third-order valence-electron chi connectivity index (χ3n) is 5.20. The molecule has 0 bridgehead atoms. The van der Waals surface area contributed by atoms with Crippen LogP contribution in [0.1, 0.15) is 34.3 Å². The monoisotopic (exact) mass is 388 g/mol. The number of aromatic nitrogens is 3. The molecule has 28 heavy (non-hydrogen) atoms. The van der Waals surface area contributed by atoms with Gasteiger partial charge in [-0.05, 0) is 84.7 Å². The van der Waals surface area contributed by atoms with Crippen molar-refractivity contribution in [1.82, 2.24) is 19.9 Å². The van der Waals surface area contributed by atoms with E-state index in [0.717, 1.165) is 45.9 Å². The van der Waals surface area contributed by atoms with Gasteiger partial charge in [-0.3, -0.25) is 9.20 Å². The SMILES string of the molecule is Cc1ccc(C(=O)NC2CC2)cc1-c1ccn2c(-c3sccc3C)nnc2c1. The zero-order valence-electron chi connectivity index (χ0n) is 15.8. The first-order valence-electron chi connectivity index (χ1n) is 9.41. The Bertz CT molecular complexity index is 1200. The molecule has 4 aromatic rings. The third-order valence-corrected chi connectivity index (χ3v) is 6.21. The maximum Gasteiger partial charge on any atom is 0.251 e. The van der Waals surface area contributed by atoms with Gasteiger partial charge in [0, 0.05) is 17.8 Å². The molecule has 0 saturated heterocycles. The molecule has 1 aromatic carbocycles. The van der Waals surface area contributed by atoms with E-state index in [1.54, 1.807) is 11.3 Å². The zero-order valence-corrected chi connectivity index (χ0v) is 16.6. The quantitative estimate of drug-likeness (QED) is 0.554. The average molecular weight is 388 g/mol. The molecule has 1 aliphatic rings. The summed E-state index contributed by atoms with van der Waals surface area (Å²) in [5.74, 6) is 0.867. The molecule has 0 spiro atoms. The molecule has 6 heteroatoms. The van der Waals surface area contributed by atoms with Gasteiger partial charge in [0.05, 0.1) is 4.88 Å². The van der Waals surface area contributed by atoms with Crippen molar-refractivity contribution in [3.8, 4) is 21.8 Å². The van der Waals surface area contributed by atoms with Crippen molar-refractivity contribution in [2.24, 2.45) is 0 Å². The summed E-state index contributed by atoms with van der Waals surface area (Å²) in [6.45, 7) is 4.15. The van der Waals surface area contributed by atoms with Gasteiger partial charge < -0.3 is 5.32 Å². The first-order chi connectivity index (χ1) is 13.6. The maximum absolute atomic E-state index is 12.4. The molecule has 0 atom stereocenters. The molecule has 5 rings (SSSR count). The van der Waals surface area contributed by atoms with Gasteiger partial charge in [0.2, 0.25) is 0 Å². The van der Waals surface area contributed by atoms with Crippen LogP contribution >= 0.6 is 11.3 Å². The Morgan fingerprint density at radius 3 is 2.71 bits per heavy atom. The van der Waals surface area contributed by atoms with E-state index in [2.05, 4.69) is 46.9 Å². The number of nitrogens with zero attached hydrogens (tertiary/aromatic N) is 3. The molecule has 3 aromatic heterocycles. The summed E-state index contributed by atoms with van der Waals surface area (Å²) in [7, 11) is 0. The van der Waals surface area contributed by atoms with Gasteiger partial charge in [-0.15, -0.1) is 21.5 Å². The summed E-state index contributed by atoms with van der Waals surface area (Å²) in [6, 6.07) is 12.4. The standard InChI is InChI=1S/C22H20N4OS/c1-13-3-4-16(22(27)23-17-5-6-17)11-18(13)15-7-9-26-19(12-15)24-25-21(26)20-14(2)8-10-28-20/h3-4,7-12,17H,5-6H2,1-2H3,(H,23,27). The van der Waals surface area contributed by atoms with Crippen molar-refractivity contribution in [2.45, 2.75) is 32.7 Å². The fourth-order valence-electron chi connectivity index (χ4n) is 3.39. The number of fused-ring (bicyclic) bond motifs is 1. The van der Waals surface area contributed by atoms with E-state index in [1.807, 2.05) is 34.9 Å². The predicted molar refractivity (Wildman–Crippen MR) is 112 cm³/mol. The van der Waals surface area contributed by atoms with Crippen LogP contribution in [-0.4, -0.2) is 26.5 Å². The normalized spacial score (nSPS) is 13.8. The minimum absolute atomic E-state index is 0.00256. The van der Waals surface area contributed by atoms with Crippen LogP contribution < -0.4 is 5.32 Å². The molecule has 140 valence electrons. The molecular weight excluding hydrogens is 368 g/mol. The number of aryl methyl sites for hydroxylation is 2. The first-order valence-corrected chi connectivity index (χ1v) is 10.3. The fraction of sp³-hybridized carbons (Fsp3) is 0.227. The van der Waals surface area contributed by atoms with Crippen LogP contribution in [0.15, 0.2) is 48.0 Å². The predicted octanol–water partition coefficient (Wildman–Crippen LogP) is 4.63. The number of nitrogens with one attached hydrogen (secondary N) is 1. The minimum atomic E-state index is 0.00256. The number of carbonyl (C=O) groups excluding carboxylic acids is 1. The molecule has 1 saturated carbocycles. The topological polar surface area (TPSA) is 59.3 Å². The Kier molecular flexibility index (Phi) is 4.02. The Hall–Kier alpha value is -2.99. The lowest BCUT2D eigenvalue weighted by Crippen LogP contribution is -2.25. The smallest absolute Gasteiger partial charge is 0.251 e. The van der Waals surface area contributed by atoms with Crippen LogP contribution in [0.5, 0.6) is 0 Å². The highest BCUT2D eigenvalue weighted by Crippen LogP contribution is 2.30. The summed E-state index contributed by atoms with van der Waals surface area (Å²) in [5, 5.41) is 13.9. The number of carbonyl (C=O) groups is 1. The Morgan fingerprint density at radius 1 is 1.11 bits per heavy atom. The molecule has 3 heterocycles. The maximum atomic E-state index is 12.4. The van der Waals surface area contributed by atoms with Crippen LogP contribution in [-0.2, 0) is 0 Å². The number of hydrogen-bond acceptors (Lipinski definition) is 4. The lowest BCUT2D eigenvalue weighted by atomic mass is 9.98. The summed E-state index contributed by atoms with van der Waals surface area (Å²) in [5.41, 5.74) is 5.90. The first kappa shape index (κ1) is 17.1. The highest BCUT2D eigenvalue weighted by atomic mass is 32.1. The second-order valence-corrected chi connectivity index (χ2v) is 8.29. The summed E-state index contributed by atoms with van der Waals surface area (Å²) >= 11 is 1.67. The van der Waals surface area contributed by atoms with Crippen molar-refractivity contribution >= 4 is 22.9 Å². The molecule has 1 aliphatic carbocycles. The number of rotatable bonds is 4. The largest absolute Gasteiger partial charge is 0.349 e. The van der Waals surface area contributed by atoms with Gasteiger partial charge in [-0.25, -0.2) is 0 Å². The molecule has 1 fully saturated rings. The van der Waals surface area contributed by atoms with E-state index >= 15 is 0 Å². The van der Waals surface area contributed by atoms with Gasteiger partial charge in [0.25, 0.3) is 5.91 Å². The second kappa shape index (κ2) is 6.56. The van der Waals surface area contributed by atoms with Crippen molar-refractivity contribution in [3.05, 3.63) is 64.7 Å². The van der Waals surface area contributed by atoms with Gasteiger partial charge in [-0.1, -0.05) is 6.07 Å². The third kappa shape index (κ3) is 2.99. The molecule has 1 amide bonds. The molecule has 0 radical (unpaired) electrons. The van der Waals surface area contributed by atoms with E-state index < -0.39 is 0 Å². The van der Waals surface area contributed by atoms with Gasteiger partial charge in [0.1, 0.15) is 0 Å². The number of hydrogen-bond donors (Lipinski definition) is 1. The van der Waals surface area contributed by atoms with Crippen molar-refractivity contribution in [2.75, 3.05) is 0 Å². The summed E-state index contributed by atoms with van der Waals surface area (Å²) in [4.78, 5) is 13.6. The highest BCUT2D eigenvalue weighted by Gasteiger charge is 2.24.